The van der Waals surface area contributed by atoms with E-state index < -0.39 is 34.7 Å². The number of carbonyl (C=O) groups is 3. The number of aliphatic hydroxyl groups excluding tert-OH is 1. The highest BCUT2D eigenvalue weighted by molar-refractivity contribution is 6.50. The fourth-order valence-corrected chi connectivity index (χ4v) is 4.70. The van der Waals surface area contributed by atoms with Crippen LogP contribution in [0.2, 0.25) is 0 Å². The molecule has 2 aliphatic rings. The van der Waals surface area contributed by atoms with Gasteiger partial charge in [0.05, 0.1) is 38.4 Å². The topological polar surface area (TPSA) is 82.4 Å². The smallest absolute Gasteiger partial charge is 0.296 e. The molecule has 1 saturated heterocycles. The van der Waals surface area contributed by atoms with Gasteiger partial charge in [-0.05, 0) is 24.6 Å². The number of para-hydroxylation sites is 1. The molecule has 2 aromatic rings. The Balaban J connectivity index is 2.06. The number of hydrogen-bond donors (Lipinski definition) is 2. The van der Waals surface area contributed by atoms with Crippen LogP contribution in [0.15, 0.2) is 60.7 Å². The summed E-state index contributed by atoms with van der Waals surface area (Å²) in [7, 11) is 3.79. The van der Waals surface area contributed by atoms with E-state index in [4.69, 9.17) is 0 Å². The Morgan fingerprint density at radius 1 is 1.18 bits per heavy atom. The van der Waals surface area contributed by atoms with Crippen molar-refractivity contribution in [3.8, 4) is 0 Å². The summed E-state index contributed by atoms with van der Waals surface area (Å²) in [6.45, 7) is 6.02. The molecule has 2 aliphatic heterocycles. The highest BCUT2D eigenvalue weighted by Gasteiger charge is 2.67. The second-order valence-electron chi connectivity index (χ2n) is 8.86. The third-order valence-corrected chi connectivity index (χ3v) is 6.40. The van der Waals surface area contributed by atoms with Crippen LogP contribution in [0.1, 0.15) is 16.7 Å². The monoisotopic (exact) mass is 464 g/mol. The molecule has 0 aromatic heterocycles. The number of benzene rings is 2. The third-order valence-electron chi connectivity index (χ3n) is 6.40. The van der Waals surface area contributed by atoms with Crippen molar-refractivity contribution in [3.05, 3.63) is 83.2 Å². The number of likely N-dealkylation sites (N-methyl/N-ethyl adjacent to an activating group) is 1. The molecule has 4 rings (SSSR count). The zero-order chi connectivity index (χ0) is 24.8. The predicted octanol–water partition coefficient (Wildman–Crippen LogP) is 1.39. The zero-order valence-electron chi connectivity index (χ0n) is 19.4. The summed E-state index contributed by atoms with van der Waals surface area (Å²) in [5, 5.41) is 11.3. The molecule has 2 amide bonds. The minimum Gasteiger partial charge on any atom is -0.507 e. The zero-order valence-corrected chi connectivity index (χ0v) is 19.4. The van der Waals surface area contributed by atoms with E-state index in [0.29, 0.717) is 23.4 Å². The fourth-order valence-electron chi connectivity index (χ4n) is 4.70. The van der Waals surface area contributed by atoms with Gasteiger partial charge in [-0.15, -0.1) is 6.58 Å². The number of ketones is 1. The first-order chi connectivity index (χ1) is 16.2. The Morgan fingerprint density at radius 2 is 1.88 bits per heavy atom. The number of nitrogens with one attached hydrogen (secondary N) is 1. The number of aliphatic hydroxyl groups is 1. The second-order valence-corrected chi connectivity index (χ2v) is 8.86. The van der Waals surface area contributed by atoms with Gasteiger partial charge in [0.15, 0.2) is 5.54 Å². The molecule has 1 spiro atoms. The van der Waals surface area contributed by atoms with Crippen LogP contribution in [0.25, 0.3) is 5.76 Å². The van der Waals surface area contributed by atoms with E-state index in [-0.39, 0.29) is 24.2 Å². The van der Waals surface area contributed by atoms with Crippen LogP contribution in [0.3, 0.4) is 0 Å². The SMILES string of the molecule is C=CCN1C(=O)C2(C(=C(O)c3ccc(C)c(F)c3)C(=O)C(=O)N2CC[NH+](C)C)c2ccccc21. The van der Waals surface area contributed by atoms with E-state index in [9.17, 15) is 23.9 Å². The van der Waals surface area contributed by atoms with Crippen molar-refractivity contribution in [3.63, 3.8) is 0 Å². The first kappa shape index (κ1) is 23.4. The Bertz CT molecular complexity index is 1250. The third kappa shape index (κ3) is 3.25. The Morgan fingerprint density at radius 3 is 2.53 bits per heavy atom. The lowest BCUT2D eigenvalue weighted by atomic mass is 9.82. The Hall–Kier alpha value is -3.78. The summed E-state index contributed by atoms with van der Waals surface area (Å²) in [6, 6.07) is 10.9. The molecule has 8 heteroatoms. The number of quaternary nitrogens is 1. The molecule has 2 aromatic carbocycles. The van der Waals surface area contributed by atoms with Crippen LogP contribution < -0.4 is 9.80 Å². The molecule has 0 radical (unpaired) electrons. The summed E-state index contributed by atoms with van der Waals surface area (Å²) in [5.74, 6) is -3.54. The molecule has 0 aliphatic carbocycles. The van der Waals surface area contributed by atoms with Crippen LogP contribution in [-0.2, 0) is 19.9 Å². The lowest BCUT2D eigenvalue weighted by molar-refractivity contribution is -0.857. The van der Waals surface area contributed by atoms with Crippen molar-refractivity contribution in [1.82, 2.24) is 4.90 Å². The van der Waals surface area contributed by atoms with Crippen LogP contribution in [0, 0.1) is 12.7 Å². The second kappa shape index (κ2) is 8.53. The highest BCUT2D eigenvalue weighted by atomic mass is 19.1. The van der Waals surface area contributed by atoms with E-state index in [1.807, 2.05) is 14.1 Å². The van der Waals surface area contributed by atoms with Crippen molar-refractivity contribution < 1.29 is 28.8 Å². The molecular weight excluding hydrogens is 437 g/mol. The van der Waals surface area contributed by atoms with E-state index in [1.165, 1.54) is 21.9 Å². The number of rotatable bonds is 6. The summed E-state index contributed by atoms with van der Waals surface area (Å²) < 4.78 is 14.3. The molecule has 2 heterocycles. The molecule has 1 unspecified atom stereocenters. The van der Waals surface area contributed by atoms with E-state index in [1.54, 1.807) is 37.3 Å². The van der Waals surface area contributed by atoms with Gasteiger partial charge in [-0.25, -0.2) is 4.39 Å². The fraction of sp³-hybridized carbons (Fsp3) is 0.269. The summed E-state index contributed by atoms with van der Waals surface area (Å²) in [6.07, 6.45) is 1.55. The minimum absolute atomic E-state index is 0.0196. The van der Waals surface area contributed by atoms with Crippen molar-refractivity contribution in [2.75, 3.05) is 38.6 Å². The lowest BCUT2D eigenvalue weighted by Gasteiger charge is -2.34. The number of Topliss-reactive ketones (excluding diaryl/α,β-unsaturated/α-hetero) is 1. The van der Waals surface area contributed by atoms with Crippen LogP contribution in [0.4, 0.5) is 10.1 Å². The van der Waals surface area contributed by atoms with Crippen molar-refractivity contribution in [1.29, 1.82) is 0 Å². The maximum atomic E-state index is 14.3. The number of hydrogen-bond acceptors (Lipinski definition) is 4. The van der Waals surface area contributed by atoms with Gasteiger partial charge in [0.25, 0.3) is 17.6 Å². The summed E-state index contributed by atoms with van der Waals surface area (Å²) in [4.78, 5) is 44.5. The number of amides is 2. The molecule has 1 fully saturated rings. The number of anilines is 1. The van der Waals surface area contributed by atoms with Crippen molar-refractivity contribution in [2.45, 2.75) is 12.5 Å². The normalized spacial score (nSPS) is 21.1. The van der Waals surface area contributed by atoms with Crippen molar-refractivity contribution >= 4 is 29.0 Å². The average molecular weight is 465 g/mol. The van der Waals surface area contributed by atoms with Gasteiger partial charge in [-0.1, -0.05) is 36.4 Å². The van der Waals surface area contributed by atoms with Gasteiger partial charge < -0.3 is 19.8 Å². The van der Waals surface area contributed by atoms with Gasteiger partial charge in [0.2, 0.25) is 0 Å². The van der Waals surface area contributed by atoms with Crippen LogP contribution in [-0.4, -0.2) is 61.3 Å². The molecule has 1 atom stereocenters. The minimum atomic E-state index is -1.85. The number of likely N-dealkylation sites (tertiary alicyclic amines) is 1. The van der Waals surface area contributed by atoms with Gasteiger partial charge in [-0.2, -0.15) is 0 Å². The Labute approximate surface area is 197 Å². The predicted molar refractivity (Wildman–Crippen MR) is 126 cm³/mol. The maximum absolute atomic E-state index is 14.3. The van der Waals surface area contributed by atoms with Gasteiger partial charge in [0.1, 0.15) is 11.6 Å². The van der Waals surface area contributed by atoms with Crippen molar-refractivity contribution in [2.24, 2.45) is 0 Å². The number of halogens is 1. The molecule has 7 nitrogen and oxygen atoms in total. The summed E-state index contributed by atoms with van der Waals surface area (Å²) >= 11 is 0. The maximum Gasteiger partial charge on any atom is 0.296 e. The van der Waals surface area contributed by atoms with Crippen LogP contribution in [0.5, 0.6) is 0 Å². The Kier molecular flexibility index (Phi) is 5.87. The molecular formula is C26H27FN3O4+. The van der Waals surface area contributed by atoms with E-state index in [0.717, 1.165) is 11.0 Å². The lowest BCUT2D eigenvalue weighted by Crippen LogP contribution is -3.06. The molecule has 2 N–H and O–H groups in total. The van der Waals surface area contributed by atoms with Gasteiger partial charge in [0, 0.05) is 17.7 Å². The quantitative estimate of drug-likeness (QED) is 0.293. The van der Waals surface area contributed by atoms with E-state index >= 15 is 0 Å². The largest absolute Gasteiger partial charge is 0.507 e. The highest BCUT2D eigenvalue weighted by Crippen LogP contribution is 2.53. The van der Waals surface area contributed by atoms with Gasteiger partial charge >= 0.3 is 0 Å². The molecule has 34 heavy (non-hydrogen) atoms. The first-order valence-corrected chi connectivity index (χ1v) is 11.0. The van der Waals surface area contributed by atoms with Gasteiger partial charge in [-0.3, -0.25) is 14.4 Å². The van der Waals surface area contributed by atoms with E-state index in [2.05, 4.69) is 6.58 Å². The number of fused-ring (bicyclic) bond motifs is 2. The summed E-state index contributed by atoms with van der Waals surface area (Å²) in [5.41, 5.74) is -0.875. The number of aryl methyl sites for hydroxylation is 1. The number of carbonyl (C=O) groups excluding carboxylic acids is 3. The number of nitrogens with zero attached hydrogens (tertiary/aromatic N) is 2. The molecule has 0 bridgehead atoms. The first-order valence-electron chi connectivity index (χ1n) is 11.0. The van der Waals surface area contributed by atoms with Crippen LogP contribution >= 0.6 is 0 Å². The molecule has 0 saturated carbocycles. The average Bonchev–Trinajstić information content (AvgIpc) is 3.18. The standard InChI is InChI=1S/C26H26FN3O4/c1-5-12-29-20-9-7-6-8-18(20)26(25(29)34)21(22(31)17-11-10-16(2)19(27)15-17)23(32)24(33)30(26)14-13-28(3)4/h5-11,15,31H,1,12-14H2,2-4H3/p+1. The molecule has 176 valence electrons.